The first kappa shape index (κ1) is 17.3. The smallest absolute Gasteiger partial charge is 0.331 e. The van der Waals surface area contributed by atoms with E-state index < -0.39 is 5.97 Å². The molecule has 1 aliphatic carbocycles. The topological polar surface area (TPSA) is 46.6 Å². The van der Waals surface area contributed by atoms with Crippen LogP contribution in [0, 0.1) is 0 Å². The van der Waals surface area contributed by atoms with E-state index in [1.54, 1.807) is 6.08 Å². The van der Waals surface area contributed by atoms with Gasteiger partial charge in [0, 0.05) is 18.7 Å². The van der Waals surface area contributed by atoms with Gasteiger partial charge in [0.15, 0.2) is 6.61 Å². The van der Waals surface area contributed by atoms with Crippen LogP contribution in [0.15, 0.2) is 36.4 Å². The highest BCUT2D eigenvalue weighted by Gasteiger charge is 2.24. The third-order valence-corrected chi connectivity index (χ3v) is 4.23. The van der Waals surface area contributed by atoms with Gasteiger partial charge in [0.1, 0.15) is 0 Å². The van der Waals surface area contributed by atoms with Gasteiger partial charge in [0.25, 0.3) is 5.91 Å². The lowest BCUT2D eigenvalue weighted by Gasteiger charge is -2.33. The van der Waals surface area contributed by atoms with Crippen LogP contribution in [0.4, 0.5) is 0 Å². The Kier molecular flexibility index (Phi) is 6.85. The summed E-state index contributed by atoms with van der Waals surface area (Å²) >= 11 is 0. The van der Waals surface area contributed by atoms with Gasteiger partial charge in [0.2, 0.25) is 0 Å². The van der Waals surface area contributed by atoms with Gasteiger partial charge in [-0.15, -0.1) is 0 Å². The second kappa shape index (κ2) is 9.13. The van der Waals surface area contributed by atoms with Crippen LogP contribution in [0.5, 0.6) is 0 Å². The SMILES string of the molecule is CCN(C(=O)COC(=O)C=Cc1ccccc1)C1CCCCC1. The Morgan fingerprint density at radius 3 is 2.52 bits per heavy atom. The van der Waals surface area contributed by atoms with Crippen LogP contribution in [0.25, 0.3) is 6.08 Å². The molecule has 0 bridgehead atoms. The van der Waals surface area contributed by atoms with Crippen molar-refractivity contribution in [3.05, 3.63) is 42.0 Å². The first-order chi connectivity index (χ1) is 11.2. The van der Waals surface area contributed by atoms with Crippen LogP contribution < -0.4 is 0 Å². The Hall–Kier alpha value is -2.10. The highest BCUT2D eigenvalue weighted by molar-refractivity contribution is 5.89. The van der Waals surface area contributed by atoms with Crippen molar-refractivity contribution in [3.63, 3.8) is 0 Å². The monoisotopic (exact) mass is 315 g/mol. The van der Waals surface area contributed by atoms with Crippen LogP contribution in [-0.2, 0) is 14.3 Å². The lowest BCUT2D eigenvalue weighted by atomic mass is 9.94. The number of esters is 1. The second-order valence-corrected chi connectivity index (χ2v) is 5.82. The number of carbonyl (C=O) groups is 2. The van der Waals surface area contributed by atoms with Gasteiger partial charge >= 0.3 is 5.97 Å². The zero-order chi connectivity index (χ0) is 16.5. The highest BCUT2D eigenvalue weighted by atomic mass is 16.5. The van der Waals surface area contributed by atoms with E-state index >= 15 is 0 Å². The summed E-state index contributed by atoms with van der Waals surface area (Å²) in [7, 11) is 0. The minimum absolute atomic E-state index is 0.0964. The molecule has 0 radical (unpaired) electrons. The molecular weight excluding hydrogens is 290 g/mol. The van der Waals surface area contributed by atoms with E-state index in [-0.39, 0.29) is 12.5 Å². The molecule has 0 heterocycles. The maximum Gasteiger partial charge on any atom is 0.331 e. The fraction of sp³-hybridized carbons (Fsp3) is 0.474. The highest BCUT2D eigenvalue weighted by Crippen LogP contribution is 2.22. The summed E-state index contributed by atoms with van der Waals surface area (Å²) in [5, 5.41) is 0. The van der Waals surface area contributed by atoms with E-state index in [0.717, 1.165) is 18.4 Å². The molecule has 0 N–H and O–H groups in total. The van der Waals surface area contributed by atoms with Crippen molar-refractivity contribution >= 4 is 18.0 Å². The summed E-state index contributed by atoms with van der Waals surface area (Å²) in [5.74, 6) is -0.581. The number of carbonyl (C=O) groups excluding carboxylic acids is 2. The first-order valence-corrected chi connectivity index (χ1v) is 8.40. The third-order valence-electron chi connectivity index (χ3n) is 4.23. The molecule has 1 amide bonds. The molecule has 1 aromatic rings. The molecule has 0 aromatic heterocycles. The normalized spacial score (nSPS) is 15.5. The van der Waals surface area contributed by atoms with Crippen molar-refractivity contribution in [1.82, 2.24) is 4.90 Å². The lowest BCUT2D eigenvalue weighted by molar-refractivity contribution is -0.149. The van der Waals surface area contributed by atoms with E-state index in [0.29, 0.717) is 12.6 Å². The molecule has 0 unspecified atom stereocenters. The van der Waals surface area contributed by atoms with Gasteiger partial charge in [-0.2, -0.15) is 0 Å². The quantitative estimate of drug-likeness (QED) is 0.597. The molecule has 1 saturated carbocycles. The van der Waals surface area contributed by atoms with E-state index in [9.17, 15) is 9.59 Å². The van der Waals surface area contributed by atoms with Gasteiger partial charge < -0.3 is 9.64 Å². The number of hydrogen-bond donors (Lipinski definition) is 0. The van der Waals surface area contributed by atoms with Crippen LogP contribution in [0.3, 0.4) is 0 Å². The molecule has 4 nitrogen and oxygen atoms in total. The Bertz CT molecular complexity index is 533. The molecule has 2 rings (SSSR count). The van der Waals surface area contributed by atoms with E-state index in [2.05, 4.69) is 0 Å². The van der Waals surface area contributed by atoms with Crippen molar-refractivity contribution in [1.29, 1.82) is 0 Å². The molecule has 124 valence electrons. The zero-order valence-corrected chi connectivity index (χ0v) is 13.7. The van der Waals surface area contributed by atoms with Crippen LogP contribution in [0.2, 0.25) is 0 Å². The van der Waals surface area contributed by atoms with E-state index in [1.807, 2.05) is 42.2 Å². The summed E-state index contributed by atoms with van der Waals surface area (Å²) < 4.78 is 5.08. The molecule has 1 aromatic carbocycles. The van der Waals surface area contributed by atoms with Crippen molar-refractivity contribution < 1.29 is 14.3 Å². The fourth-order valence-corrected chi connectivity index (χ4v) is 3.02. The van der Waals surface area contributed by atoms with Crippen LogP contribution >= 0.6 is 0 Å². The van der Waals surface area contributed by atoms with Gasteiger partial charge in [-0.25, -0.2) is 4.79 Å². The number of ether oxygens (including phenoxy) is 1. The Morgan fingerprint density at radius 2 is 1.87 bits per heavy atom. The third kappa shape index (κ3) is 5.55. The molecule has 0 aliphatic heterocycles. The predicted octanol–water partition coefficient (Wildman–Crippen LogP) is 3.42. The maximum absolute atomic E-state index is 12.3. The van der Waals surface area contributed by atoms with Gasteiger partial charge in [-0.05, 0) is 31.4 Å². The Morgan fingerprint density at radius 1 is 1.17 bits per heavy atom. The van der Waals surface area contributed by atoms with Crippen molar-refractivity contribution in [3.8, 4) is 0 Å². The Labute approximate surface area is 138 Å². The van der Waals surface area contributed by atoms with E-state index in [4.69, 9.17) is 4.74 Å². The molecule has 0 saturated heterocycles. The van der Waals surface area contributed by atoms with Crippen LogP contribution in [0.1, 0.15) is 44.6 Å². The second-order valence-electron chi connectivity index (χ2n) is 5.82. The Balaban J connectivity index is 1.80. The predicted molar refractivity (Wildman–Crippen MR) is 90.7 cm³/mol. The molecular formula is C19H25NO3. The summed E-state index contributed by atoms with van der Waals surface area (Å²) in [5.41, 5.74) is 0.924. The van der Waals surface area contributed by atoms with Gasteiger partial charge in [-0.3, -0.25) is 4.79 Å². The van der Waals surface area contributed by atoms with Gasteiger partial charge in [0.05, 0.1) is 0 Å². The summed E-state index contributed by atoms with van der Waals surface area (Å²) in [6.45, 7) is 2.47. The molecule has 4 heteroatoms. The van der Waals surface area contributed by atoms with Crippen molar-refractivity contribution in [2.45, 2.75) is 45.1 Å². The largest absolute Gasteiger partial charge is 0.452 e. The van der Waals surface area contributed by atoms with E-state index in [1.165, 1.54) is 25.3 Å². The van der Waals surface area contributed by atoms with Crippen molar-refractivity contribution in [2.24, 2.45) is 0 Å². The summed E-state index contributed by atoms with van der Waals surface area (Å²) in [6.07, 6.45) is 8.76. The number of rotatable bonds is 6. The minimum atomic E-state index is -0.484. The first-order valence-electron chi connectivity index (χ1n) is 8.40. The molecule has 0 spiro atoms. The summed E-state index contributed by atoms with van der Waals surface area (Å²) in [4.78, 5) is 25.9. The number of nitrogens with zero attached hydrogens (tertiary/aromatic N) is 1. The fourth-order valence-electron chi connectivity index (χ4n) is 3.02. The van der Waals surface area contributed by atoms with Crippen molar-refractivity contribution in [2.75, 3.05) is 13.2 Å². The average Bonchev–Trinajstić information content (AvgIpc) is 2.60. The number of likely N-dealkylation sites (N-methyl/N-ethyl adjacent to an activating group) is 1. The molecule has 1 aliphatic rings. The minimum Gasteiger partial charge on any atom is -0.452 e. The summed E-state index contributed by atoms with van der Waals surface area (Å²) in [6, 6.07) is 9.82. The lowest BCUT2D eigenvalue weighted by Crippen LogP contribution is -2.43. The number of benzene rings is 1. The molecule has 1 fully saturated rings. The van der Waals surface area contributed by atoms with Gasteiger partial charge in [-0.1, -0.05) is 49.6 Å². The number of amides is 1. The maximum atomic E-state index is 12.3. The average molecular weight is 315 g/mol. The zero-order valence-electron chi connectivity index (χ0n) is 13.7. The number of hydrogen-bond acceptors (Lipinski definition) is 3. The molecule has 0 atom stereocenters. The molecule has 23 heavy (non-hydrogen) atoms. The van der Waals surface area contributed by atoms with Crippen LogP contribution in [-0.4, -0.2) is 36.0 Å². The standard InChI is InChI=1S/C19H25NO3/c1-2-20(17-11-7-4-8-12-17)18(21)15-23-19(22)14-13-16-9-5-3-6-10-16/h3,5-6,9-10,13-14,17H,2,4,7-8,11-12,15H2,1H3.